The van der Waals surface area contributed by atoms with Gasteiger partial charge in [-0.25, -0.2) is 4.39 Å². The molecule has 1 N–H and O–H groups in total. The molecule has 19 heavy (non-hydrogen) atoms. The van der Waals surface area contributed by atoms with Crippen molar-refractivity contribution < 1.29 is 4.39 Å². The van der Waals surface area contributed by atoms with E-state index in [2.05, 4.69) is 35.1 Å². The maximum absolute atomic E-state index is 13.3. The molecule has 1 saturated carbocycles. The van der Waals surface area contributed by atoms with Gasteiger partial charge in [-0.1, -0.05) is 32.3 Å². The van der Waals surface area contributed by atoms with Gasteiger partial charge in [-0.05, 0) is 59.3 Å². The fourth-order valence-electron chi connectivity index (χ4n) is 2.94. The lowest BCUT2D eigenvalue weighted by Crippen LogP contribution is -2.36. The molecular formula is C16H23BrFN. The number of halogens is 2. The fourth-order valence-corrected chi connectivity index (χ4v) is 3.34. The van der Waals surface area contributed by atoms with Crippen LogP contribution in [0.25, 0.3) is 0 Å². The summed E-state index contributed by atoms with van der Waals surface area (Å²) in [6.07, 6.45) is 6.61. The van der Waals surface area contributed by atoms with Gasteiger partial charge in [0, 0.05) is 12.1 Å². The average molecular weight is 328 g/mol. The monoisotopic (exact) mass is 327 g/mol. The Labute approximate surface area is 124 Å². The van der Waals surface area contributed by atoms with Crippen molar-refractivity contribution in [3.8, 4) is 0 Å². The molecule has 2 rings (SSSR count). The summed E-state index contributed by atoms with van der Waals surface area (Å²) in [5.41, 5.74) is 1.14. The average Bonchev–Trinajstić information content (AvgIpc) is 2.58. The van der Waals surface area contributed by atoms with E-state index in [-0.39, 0.29) is 11.9 Å². The van der Waals surface area contributed by atoms with Crippen LogP contribution in [-0.4, -0.2) is 6.04 Å². The lowest BCUT2D eigenvalue weighted by Gasteiger charge is -2.27. The van der Waals surface area contributed by atoms with Gasteiger partial charge in [0.15, 0.2) is 0 Å². The lowest BCUT2D eigenvalue weighted by atomic mass is 9.95. The van der Waals surface area contributed by atoms with Gasteiger partial charge in [0.05, 0.1) is 4.47 Å². The summed E-state index contributed by atoms with van der Waals surface area (Å²) in [4.78, 5) is 0. The quantitative estimate of drug-likeness (QED) is 0.751. The lowest BCUT2D eigenvalue weighted by molar-refractivity contribution is 0.330. The van der Waals surface area contributed by atoms with Crippen molar-refractivity contribution >= 4 is 15.9 Å². The summed E-state index contributed by atoms with van der Waals surface area (Å²) in [5.74, 6) is 0.535. The Morgan fingerprint density at radius 2 is 2.00 bits per heavy atom. The van der Waals surface area contributed by atoms with Crippen molar-refractivity contribution in [3.05, 3.63) is 34.1 Å². The topological polar surface area (TPSA) is 12.0 Å². The number of benzene rings is 1. The highest BCUT2D eigenvalue weighted by molar-refractivity contribution is 9.10. The third kappa shape index (κ3) is 4.03. The minimum absolute atomic E-state index is 0.196. The first kappa shape index (κ1) is 15.0. The molecule has 0 saturated heterocycles. The minimum atomic E-state index is -0.196. The van der Waals surface area contributed by atoms with Gasteiger partial charge >= 0.3 is 0 Å². The maximum Gasteiger partial charge on any atom is 0.137 e. The summed E-state index contributed by atoms with van der Waals surface area (Å²) in [6, 6.07) is 6.14. The Hall–Kier alpha value is -0.410. The maximum atomic E-state index is 13.3. The Morgan fingerprint density at radius 3 is 2.74 bits per heavy atom. The first-order valence-electron chi connectivity index (χ1n) is 7.29. The first-order valence-corrected chi connectivity index (χ1v) is 8.08. The molecule has 1 aromatic rings. The van der Waals surface area contributed by atoms with Gasteiger partial charge < -0.3 is 5.32 Å². The molecule has 3 heteroatoms. The first-order chi connectivity index (χ1) is 9.08. The molecule has 0 radical (unpaired) electrons. The predicted molar refractivity (Wildman–Crippen MR) is 81.7 cm³/mol. The molecule has 106 valence electrons. The SMILES string of the molecule is CC(NC1CCCCCC1C)c1ccc(F)c(Br)c1. The second-order valence-electron chi connectivity index (χ2n) is 5.78. The molecule has 1 aliphatic carbocycles. The van der Waals surface area contributed by atoms with Crippen LogP contribution in [0.1, 0.15) is 57.6 Å². The van der Waals surface area contributed by atoms with Crippen LogP contribution in [0.3, 0.4) is 0 Å². The molecule has 0 bridgehead atoms. The summed E-state index contributed by atoms with van der Waals surface area (Å²) in [7, 11) is 0. The van der Waals surface area contributed by atoms with E-state index in [9.17, 15) is 4.39 Å². The van der Waals surface area contributed by atoms with Crippen LogP contribution < -0.4 is 5.32 Å². The van der Waals surface area contributed by atoms with E-state index < -0.39 is 0 Å². The van der Waals surface area contributed by atoms with Crippen molar-refractivity contribution in [1.82, 2.24) is 5.32 Å². The summed E-state index contributed by atoms with van der Waals surface area (Å²) >= 11 is 3.26. The Kier molecular flexibility index (Phi) is 5.40. The fraction of sp³-hybridized carbons (Fsp3) is 0.625. The highest BCUT2D eigenvalue weighted by Gasteiger charge is 2.21. The van der Waals surface area contributed by atoms with E-state index in [4.69, 9.17) is 0 Å². The van der Waals surface area contributed by atoms with Crippen LogP contribution in [0.5, 0.6) is 0 Å². The molecule has 0 aromatic heterocycles. The minimum Gasteiger partial charge on any atom is -0.307 e. The van der Waals surface area contributed by atoms with E-state index in [0.29, 0.717) is 10.5 Å². The zero-order chi connectivity index (χ0) is 13.8. The molecule has 1 aliphatic rings. The van der Waals surface area contributed by atoms with Crippen molar-refractivity contribution in [2.45, 2.75) is 58.0 Å². The molecule has 0 amide bonds. The van der Waals surface area contributed by atoms with E-state index in [1.165, 1.54) is 38.2 Å². The van der Waals surface area contributed by atoms with Crippen LogP contribution in [0.2, 0.25) is 0 Å². The van der Waals surface area contributed by atoms with E-state index in [1.807, 2.05) is 12.1 Å². The number of rotatable bonds is 3. The summed E-state index contributed by atoms with van der Waals surface area (Å²) in [5, 5.41) is 3.73. The van der Waals surface area contributed by atoms with Crippen LogP contribution in [0.4, 0.5) is 4.39 Å². The highest BCUT2D eigenvalue weighted by atomic mass is 79.9. The third-order valence-electron chi connectivity index (χ3n) is 4.27. The molecular weight excluding hydrogens is 305 g/mol. The third-order valence-corrected chi connectivity index (χ3v) is 4.88. The smallest absolute Gasteiger partial charge is 0.137 e. The Bertz CT molecular complexity index is 421. The van der Waals surface area contributed by atoms with Gasteiger partial charge in [-0.2, -0.15) is 0 Å². The number of hydrogen-bond acceptors (Lipinski definition) is 1. The van der Waals surface area contributed by atoms with Crippen molar-refractivity contribution in [2.24, 2.45) is 5.92 Å². The van der Waals surface area contributed by atoms with Crippen LogP contribution in [0, 0.1) is 11.7 Å². The van der Waals surface area contributed by atoms with Gasteiger partial charge in [-0.3, -0.25) is 0 Å². The molecule has 1 fully saturated rings. The predicted octanol–water partition coefficient (Wildman–Crippen LogP) is 5.21. The second-order valence-corrected chi connectivity index (χ2v) is 6.64. The summed E-state index contributed by atoms with van der Waals surface area (Å²) < 4.78 is 13.8. The molecule has 0 spiro atoms. The molecule has 0 heterocycles. The Morgan fingerprint density at radius 1 is 1.26 bits per heavy atom. The van der Waals surface area contributed by atoms with Gasteiger partial charge in [0.1, 0.15) is 5.82 Å². The molecule has 1 nitrogen and oxygen atoms in total. The van der Waals surface area contributed by atoms with Crippen LogP contribution in [0.15, 0.2) is 22.7 Å². The van der Waals surface area contributed by atoms with E-state index in [0.717, 1.165) is 11.5 Å². The Balaban J connectivity index is 2.02. The number of nitrogens with one attached hydrogen (secondary N) is 1. The second kappa shape index (κ2) is 6.85. The largest absolute Gasteiger partial charge is 0.307 e. The molecule has 3 atom stereocenters. The molecule has 1 aromatic carbocycles. The van der Waals surface area contributed by atoms with Crippen LogP contribution in [-0.2, 0) is 0 Å². The highest BCUT2D eigenvalue weighted by Crippen LogP contribution is 2.27. The van der Waals surface area contributed by atoms with Gasteiger partial charge in [-0.15, -0.1) is 0 Å². The van der Waals surface area contributed by atoms with Gasteiger partial charge in [0.2, 0.25) is 0 Å². The summed E-state index contributed by atoms with van der Waals surface area (Å²) in [6.45, 7) is 4.51. The zero-order valence-corrected chi connectivity index (χ0v) is 13.3. The molecule has 3 unspecified atom stereocenters. The normalized spacial score (nSPS) is 25.9. The van der Waals surface area contributed by atoms with Crippen LogP contribution >= 0.6 is 15.9 Å². The van der Waals surface area contributed by atoms with Crippen molar-refractivity contribution in [3.63, 3.8) is 0 Å². The van der Waals surface area contributed by atoms with E-state index >= 15 is 0 Å². The van der Waals surface area contributed by atoms with Crippen molar-refractivity contribution in [2.75, 3.05) is 0 Å². The molecule has 0 aliphatic heterocycles. The van der Waals surface area contributed by atoms with Gasteiger partial charge in [0.25, 0.3) is 0 Å². The van der Waals surface area contributed by atoms with E-state index in [1.54, 1.807) is 0 Å². The standard InChI is InChI=1S/C16H23BrFN/c1-11-6-4-3-5-7-16(11)19-12(2)13-8-9-15(18)14(17)10-13/h8-12,16,19H,3-7H2,1-2H3. The zero-order valence-electron chi connectivity index (χ0n) is 11.8. The number of hydrogen-bond donors (Lipinski definition) is 1. The van der Waals surface area contributed by atoms with Crippen molar-refractivity contribution in [1.29, 1.82) is 0 Å².